The molecular weight excluding hydrogens is 264 g/mol. The summed E-state index contributed by atoms with van der Waals surface area (Å²) in [5, 5.41) is 5.80. The highest BCUT2D eigenvalue weighted by Gasteiger charge is 2.23. The van der Waals surface area contributed by atoms with Crippen molar-refractivity contribution in [1.29, 1.82) is 0 Å². The average molecular weight is 286 g/mol. The highest BCUT2D eigenvalue weighted by molar-refractivity contribution is 5.80. The summed E-state index contributed by atoms with van der Waals surface area (Å²) in [6.45, 7) is 4.77. The molecule has 2 unspecified atom stereocenters. The van der Waals surface area contributed by atoms with E-state index in [1.807, 2.05) is 6.20 Å². The van der Waals surface area contributed by atoms with Crippen molar-refractivity contribution in [2.24, 2.45) is 0 Å². The van der Waals surface area contributed by atoms with Crippen LogP contribution >= 0.6 is 0 Å². The zero-order valence-electron chi connectivity index (χ0n) is 12.5. The first-order valence-electron chi connectivity index (χ1n) is 8.00. The fraction of sp³-hybridized carbons (Fsp3) is 0.588. The number of aromatic nitrogens is 2. The second-order valence-electron chi connectivity index (χ2n) is 6.24. The summed E-state index contributed by atoms with van der Waals surface area (Å²) in [6.07, 6.45) is 6.65. The van der Waals surface area contributed by atoms with Crippen LogP contribution in [-0.2, 0) is 9.47 Å². The molecule has 2 aliphatic rings. The van der Waals surface area contributed by atoms with Gasteiger partial charge in [0.15, 0.2) is 6.23 Å². The number of aryl methyl sites for hydroxylation is 1. The fourth-order valence-corrected chi connectivity index (χ4v) is 3.59. The Morgan fingerprint density at radius 1 is 1.19 bits per heavy atom. The van der Waals surface area contributed by atoms with E-state index in [4.69, 9.17) is 9.47 Å². The van der Waals surface area contributed by atoms with E-state index in [0.29, 0.717) is 5.92 Å². The molecule has 1 aromatic heterocycles. The van der Waals surface area contributed by atoms with Crippen LogP contribution in [0.3, 0.4) is 0 Å². The van der Waals surface area contributed by atoms with Gasteiger partial charge >= 0.3 is 0 Å². The Morgan fingerprint density at radius 2 is 2.14 bits per heavy atom. The van der Waals surface area contributed by atoms with Gasteiger partial charge in [0.25, 0.3) is 0 Å². The highest BCUT2D eigenvalue weighted by atomic mass is 16.5. The van der Waals surface area contributed by atoms with E-state index >= 15 is 0 Å². The Labute approximate surface area is 125 Å². The van der Waals surface area contributed by atoms with E-state index in [-0.39, 0.29) is 6.23 Å². The monoisotopic (exact) mass is 286 g/mol. The molecule has 21 heavy (non-hydrogen) atoms. The molecule has 0 spiro atoms. The van der Waals surface area contributed by atoms with E-state index < -0.39 is 0 Å². The molecule has 0 aliphatic carbocycles. The summed E-state index contributed by atoms with van der Waals surface area (Å²) in [5.74, 6) is 0.532. The van der Waals surface area contributed by atoms with Crippen molar-refractivity contribution in [3.63, 3.8) is 0 Å². The van der Waals surface area contributed by atoms with Crippen LogP contribution in [0, 0.1) is 6.92 Å². The molecule has 2 aromatic rings. The van der Waals surface area contributed by atoms with Crippen LogP contribution in [0.15, 0.2) is 18.3 Å². The third kappa shape index (κ3) is 2.36. The second kappa shape index (κ2) is 5.43. The van der Waals surface area contributed by atoms with Crippen LogP contribution in [0.25, 0.3) is 10.9 Å². The number of hydrogen-bond acceptors (Lipinski definition) is 3. The van der Waals surface area contributed by atoms with Crippen LogP contribution in [-0.4, -0.2) is 29.6 Å². The minimum absolute atomic E-state index is 0.103. The van der Waals surface area contributed by atoms with Crippen molar-refractivity contribution < 1.29 is 9.47 Å². The van der Waals surface area contributed by atoms with Gasteiger partial charge in [0, 0.05) is 24.5 Å². The Bertz CT molecular complexity index is 638. The molecule has 3 heterocycles. The quantitative estimate of drug-likeness (QED) is 0.847. The van der Waals surface area contributed by atoms with Crippen molar-refractivity contribution in [3.05, 3.63) is 29.5 Å². The molecule has 0 radical (unpaired) electrons. The van der Waals surface area contributed by atoms with Crippen LogP contribution in [0.2, 0.25) is 0 Å². The minimum Gasteiger partial charge on any atom is -0.381 e. The summed E-state index contributed by atoms with van der Waals surface area (Å²) in [7, 11) is 0. The molecule has 4 nitrogen and oxygen atoms in total. The number of hydrogen-bond donors (Lipinski definition) is 0. The van der Waals surface area contributed by atoms with Crippen LogP contribution < -0.4 is 0 Å². The largest absolute Gasteiger partial charge is 0.381 e. The summed E-state index contributed by atoms with van der Waals surface area (Å²) in [6, 6.07) is 4.57. The van der Waals surface area contributed by atoms with Crippen molar-refractivity contribution in [2.75, 3.05) is 19.8 Å². The number of rotatable bonds is 2. The van der Waals surface area contributed by atoms with Crippen LogP contribution in [0.5, 0.6) is 0 Å². The SMILES string of the molecule is Cc1cc2cnn(C3CCCCO3)c2cc1C1CCOC1. The fourth-order valence-electron chi connectivity index (χ4n) is 3.59. The molecule has 2 atom stereocenters. The normalized spacial score (nSPS) is 26.5. The lowest BCUT2D eigenvalue weighted by atomic mass is 9.93. The number of ether oxygens (including phenoxy) is 2. The summed E-state index contributed by atoms with van der Waals surface area (Å²) in [5.41, 5.74) is 3.97. The number of benzene rings is 1. The first kappa shape index (κ1) is 13.3. The lowest BCUT2D eigenvalue weighted by Crippen LogP contribution is -2.19. The van der Waals surface area contributed by atoms with Gasteiger partial charge in [-0.2, -0.15) is 5.10 Å². The maximum absolute atomic E-state index is 5.90. The van der Waals surface area contributed by atoms with E-state index in [1.165, 1.54) is 34.9 Å². The Hall–Kier alpha value is -1.39. The molecule has 1 aromatic carbocycles. The molecule has 0 N–H and O–H groups in total. The third-order valence-corrected chi connectivity index (χ3v) is 4.78. The topological polar surface area (TPSA) is 36.3 Å². The molecule has 0 saturated carbocycles. The molecule has 2 aliphatic heterocycles. The minimum atomic E-state index is 0.103. The Balaban J connectivity index is 1.76. The predicted molar refractivity (Wildman–Crippen MR) is 81.5 cm³/mol. The smallest absolute Gasteiger partial charge is 0.150 e. The molecule has 2 saturated heterocycles. The van der Waals surface area contributed by atoms with Crippen LogP contribution in [0.1, 0.15) is 49.0 Å². The number of nitrogens with zero attached hydrogens (tertiary/aromatic N) is 2. The van der Waals surface area contributed by atoms with Gasteiger partial charge in [-0.3, -0.25) is 0 Å². The molecule has 4 heteroatoms. The summed E-state index contributed by atoms with van der Waals surface area (Å²) < 4.78 is 13.5. The highest BCUT2D eigenvalue weighted by Crippen LogP contribution is 2.33. The molecule has 0 amide bonds. The predicted octanol–water partition coefficient (Wildman–Crippen LogP) is 3.55. The zero-order valence-corrected chi connectivity index (χ0v) is 12.5. The van der Waals surface area contributed by atoms with Crippen molar-refractivity contribution in [2.45, 2.75) is 44.8 Å². The third-order valence-electron chi connectivity index (χ3n) is 4.78. The van der Waals surface area contributed by atoms with E-state index in [1.54, 1.807) is 0 Å². The van der Waals surface area contributed by atoms with Gasteiger partial charge in [0.1, 0.15) is 0 Å². The molecule has 4 rings (SSSR count). The standard InChI is InChI=1S/C17H22N2O2/c1-12-8-14-10-18-19(17-4-2-3-6-21-17)16(14)9-15(12)13-5-7-20-11-13/h8-10,13,17H,2-7,11H2,1H3. The zero-order chi connectivity index (χ0) is 14.2. The summed E-state index contributed by atoms with van der Waals surface area (Å²) >= 11 is 0. The van der Waals surface area contributed by atoms with Crippen molar-refractivity contribution in [3.8, 4) is 0 Å². The maximum atomic E-state index is 5.90. The Kier molecular flexibility index (Phi) is 3.43. The lowest BCUT2D eigenvalue weighted by Gasteiger charge is -2.24. The Morgan fingerprint density at radius 3 is 2.90 bits per heavy atom. The molecule has 0 bridgehead atoms. The lowest BCUT2D eigenvalue weighted by molar-refractivity contribution is -0.0366. The first-order chi connectivity index (χ1) is 10.3. The molecule has 112 valence electrons. The van der Waals surface area contributed by atoms with Gasteiger partial charge in [-0.1, -0.05) is 0 Å². The van der Waals surface area contributed by atoms with Gasteiger partial charge in [-0.25, -0.2) is 4.68 Å². The molecule has 2 fully saturated rings. The van der Waals surface area contributed by atoms with Crippen molar-refractivity contribution >= 4 is 10.9 Å². The van der Waals surface area contributed by atoms with E-state index in [0.717, 1.165) is 32.7 Å². The van der Waals surface area contributed by atoms with Gasteiger partial charge in [0.2, 0.25) is 0 Å². The van der Waals surface area contributed by atoms with E-state index in [2.05, 4.69) is 28.8 Å². The van der Waals surface area contributed by atoms with E-state index in [9.17, 15) is 0 Å². The van der Waals surface area contributed by atoms with Gasteiger partial charge < -0.3 is 9.47 Å². The number of fused-ring (bicyclic) bond motifs is 1. The first-order valence-corrected chi connectivity index (χ1v) is 8.00. The van der Waals surface area contributed by atoms with Gasteiger partial charge in [-0.05, 0) is 55.9 Å². The van der Waals surface area contributed by atoms with Gasteiger partial charge in [0.05, 0.1) is 18.3 Å². The van der Waals surface area contributed by atoms with Crippen molar-refractivity contribution in [1.82, 2.24) is 9.78 Å². The van der Waals surface area contributed by atoms with Gasteiger partial charge in [-0.15, -0.1) is 0 Å². The maximum Gasteiger partial charge on any atom is 0.150 e. The molecular formula is C17H22N2O2. The second-order valence-corrected chi connectivity index (χ2v) is 6.24. The summed E-state index contributed by atoms with van der Waals surface area (Å²) in [4.78, 5) is 0. The van der Waals surface area contributed by atoms with Crippen LogP contribution in [0.4, 0.5) is 0 Å². The average Bonchev–Trinajstić information content (AvgIpc) is 3.16.